The third kappa shape index (κ3) is 5.03. The number of aryl methyl sites for hydroxylation is 2. The average Bonchev–Trinajstić information content (AvgIpc) is 2.71. The molecule has 0 aliphatic heterocycles. The van der Waals surface area contributed by atoms with Gasteiger partial charge in [0, 0.05) is 19.2 Å². The molecule has 29 heavy (non-hydrogen) atoms. The van der Waals surface area contributed by atoms with Crippen LogP contribution in [0.4, 0.5) is 5.69 Å². The van der Waals surface area contributed by atoms with Gasteiger partial charge in [0.15, 0.2) is 0 Å². The van der Waals surface area contributed by atoms with Gasteiger partial charge in [-0.15, -0.1) is 0 Å². The zero-order valence-electron chi connectivity index (χ0n) is 16.7. The fraction of sp³-hybridized carbons (Fsp3) is 0.174. The van der Waals surface area contributed by atoms with Crippen LogP contribution < -0.4 is 4.72 Å². The lowest BCUT2D eigenvalue weighted by Gasteiger charge is -2.18. The summed E-state index contributed by atoms with van der Waals surface area (Å²) in [6.45, 7) is 4.30. The second kappa shape index (κ2) is 8.49. The minimum Gasteiger partial charge on any atom is -0.337 e. The summed E-state index contributed by atoms with van der Waals surface area (Å²) in [5.74, 6) is -0.119. The van der Waals surface area contributed by atoms with E-state index in [2.05, 4.69) is 4.72 Å². The summed E-state index contributed by atoms with van der Waals surface area (Å²) in [7, 11) is -1.92. The van der Waals surface area contributed by atoms with E-state index in [1.54, 1.807) is 55.3 Å². The van der Waals surface area contributed by atoms with Crippen LogP contribution in [0, 0.1) is 13.8 Å². The summed E-state index contributed by atoms with van der Waals surface area (Å²) in [5, 5.41) is 0. The third-order valence-corrected chi connectivity index (χ3v) is 6.04. The lowest BCUT2D eigenvalue weighted by Crippen LogP contribution is -2.26. The number of hydrogen-bond acceptors (Lipinski definition) is 3. The maximum absolute atomic E-state index is 12.8. The number of sulfonamides is 1. The Hall–Kier alpha value is -3.12. The highest BCUT2D eigenvalue weighted by Crippen LogP contribution is 2.22. The quantitative estimate of drug-likeness (QED) is 0.658. The van der Waals surface area contributed by atoms with Crippen molar-refractivity contribution < 1.29 is 13.2 Å². The molecule has 150 valence electrons. The summed E-state index contributed by atoms with van der Waals surface area (Å²) < 4.78 is 27.6. The largest absolute Gasteiger partial charge is 0.337 e. The molecule has 0 atom stereocenters. The fourth-order valence-electron chi connectivity index (χ4n) is 2.97. The topological polar surface area (TPSA) is 66.5 Å². The Bertz CT molecular complexity index is 1110. The zero-order chi connectivity index (χ0) is 21.0. The van der Waals surface area contributed by atoms with E-state index in [4.69, 9.17) is 0 Å². The lowest BCUT2D eigenvalue weighted by molar-refractivity contribution is 0.0785. The van der Waals surface area contributed by atoms with Crippen LogP contribution in [0.1, 0.15) is 27.0 Å². The van der Waals surface area contributed by atoms with Crippen LogP contribution in [0.2, 0.25) is 0 Å². The number of nitrogens with zero attached hydrogens (tertiary/aromatic N) is 1. The van der Waals surface area contributed by atoms with E-state index in [0.29, 0.717) is 23.4 Å². The summed E-state index contributed by atoms with van der Waals surface area (Å²) in [6, 6.07) is 21.2. The van der Waals surface area contributed by atoms with Crippen molar-refractivity contribution in [1.29, 1.82) is 0 Å². The maximum Gasteiger partial charge on any atom is 0.261 e. The van der Waals surface area contributed by atoms with Crippen LogP contribution in [-0.2, 0) is 16.6 Å². The average molecular weight is 409 g/mol. The molecule has 0 spiro atoms. The van der Waals surface area contributed by atoms with Crippen LogP contribution in [0.3, 0.4) is 0 Å². The first-order valence-corrected chi connectivity index (χ1v) is 10.7. The van der Waals surface area contributed by atoms with E-state index in [-0.39, 0.29) is 10.8 Å². The Morgan fingerprint density at radius 2 is 1.59 bits per heavy atom. The molecule has 0 aliphatic rings. The van der Waals surface area contributed by atoms with Gasteiger partial charge in [0.05, 0.1) is 10.6 Å². The fourth-order valence-corrected chi connectivity index (χ4v) is 4.13. The minimum absolute atomic E-state index is 0.119. The maximum atomic E-state index is 12.8. The van der Waals surface area contributed by atoms with E-state index in [9.17, 15) is 13.2 Å². The van der Waals surface area contributed by atoms with Crippen molar-refractivity contribution in [2.45, 2.75) is 25.3 Å². The van der Waals surface area contributed by atoms with Crippen LogP contribution in [-0.4, -0.2) is 26.3 Å². The predicted octanol–water partition coefficient (Wildman–Crippen LogP) is 4.38. The van der Waals surface area contributed by atoms with E-state index in [1.165, 1.54) is 17.7 Å². The molecule has 1 amide bonds. The van der Waals surface area contributed by atoms with Gasteiger partial charge in [0.25, 0.3) is 15.9 Å². The van der Waals surface area contributed by atoms with Crippen LogP contribution >= 0.6 is 0 Å². The third-order valence-electron chi connectivity index (χ3n) is 4.66. The molecular weight excluding hydrogens is 384 g/mol. The number of rotatable bonds is 6. The lowest BCUT2D eigenvalue weighted by atomic mass is 10.1. The highest BCUT2D eigenvalue weighted by Gasteiger charge is 2.17. The van der Waals surface area contributed by atoms with Crippen LogP contribution in [0.5, 0.6) is 0 Å². The van der Waals surface area contributed by atoms with Crippen molar-refractivity contribution in [2.75, 3.05) is 11.8 Å². The summed E-state index contributed by atoms with van der Waals surface area (Å²) in [5.41, 5.74) is 3.87. The van der Waals surface area contributed by atoms with E-state index in [1.807, 2.05) is 31.2 Å². The number of benzene rings is 3. The van der Waals surface area contributed by atoms with Crippen molar-refractivity contribution >= 4 is 21.6 Å². The standard InChI is InChI=1S/C23H24N2O3S/c1-17-9-11-19(12-10-17)16-25(3)23(26)20-13-14-22(18(2)15-20)24-29(27,28)21-7-5-4-6-8-21/h4-15,24H,16H2,1-3H3. The predicted molar refractivity (Wildman–Crippen MR) is 115 cm³/mol. The number of nitrogens with one attached hydrogen (secondary N) is 1. The van der Waals surface area contributed by atoms with Gasteiger partial charge in [0.1, 0.15) is 0 Å². The van der Waals surface area contributed by atoms with Crippen LogP contribution in [0.25, 0.3) is 0 Å². The summed E-state index contributed by atoms with van der Waals surface area (Å²) in [6.07, 6.45) is 0. The monoisotopic (exact) mass is 408 g/mol. The molecule has 6 heteroatoms. The number of anilines is 1. The molecule has 3 aromatic carbocycles. The normalized spacial score (nSPS) is 11.1. The molecule has 0 aromatic heterocycles. The van der Waals surface area contributed by atoms with E-state index in [0.717, 1.165) is 5.56 Å². The molecule has 0 aliphatic carbocycles. The van der Waals surface area contributed by atoms with Crippen LogP contribution in [0.15, 0.2) is 77.7 Å². The first-order chi connectivity index (χ1) is 13.8. The van der Waals surface area contributed by atoms with Gasteiger partial charge < -0.3 is 4.90 Å². The number of amides is 1. The molecule has 0 saturated carbocycles. The van der Waals surface area contributed by atoms with Crippen molar-refractivity contribution in [2.24, 2.45) is 0 Å². The van der Waals surface area contributed by atoms with E-state index < -0.39 is 10.0 Å². The number of hydrogen-bond donors (Lipinski definition) is 1. The SMILES string of the molecule is Cc1ccc(CN(C)C(=O)c2ccc(NS(=O)(=O)c3ccccc3)c(C)c2)cc1. The summed E-state index contributed by atoms with van der Waals surface area (Å²) in [4.78, 5) is 14.6. The Labute approximate surface area is 172 Å². The van der Waals surface area contributed by atoms with Gasteiger partial charge in [-0.05, 0) is 55.3 Å². The highest BCUT2D eigenvalue weighted by molar-refractivity contribution is 7.92. The number of carbonyl (C=O) groups excluding carboxylic acids is 1. The smallest absolute Gasteiger partial charge is 0.261 e. The van der Waals surface area contributed by atoms with Crippen molar-refractivity contribution in [1.82, 2.24) is 4.90 Å². The zero-order valence-corrected chi connectivity index (χ0v) is 17.5. The van der Waals surface area contributed by atoms with Gasteiger partial charge in [-0.1, -0.05) is 48.0 Å². The molecule has 3 aromatic rings. The molecule has 3 rings (SSSR count). The Kier molecular flexibility index (Phi) is 6.03. The first-order valence-electron chi connectivity index (χ1n) is 9.26. The van der Waals surface area contributed by atoms with Crippen molar-refractivity contribution in [3.8, 4) is 0 Å². The van der Waals surface area contributed by atoms with E-state index >= 15 is 0 Å². The molecule has 0 radical (unpaired) electrons. The van der Waals surface area contributed by atoms with Crippen molar-refractivity contribution in [3.63, 3.8) is 0 Å². The molecule has 0 unspecified atom stereocenters. The van der Waals surface area contributed by atoms with Gasteiger partial charge >= 0.3 is 0 Å². The Balaban J connectivity index is 1.74. The molecule has 0 heterocycles. The Morgan fingerprint density at radius 1 is 0.931 bits per heavy atom. The molecular formula is C23H24N2O3S. The van der Waals surface area contributed by atoms with Gasteiger partial charge in [-0.2, -0.15) is 0 Å². The highest BCUT2D eigenvalue weighted by atomic mass is 32.2. The number of carbonyl (C=O) groups is 1. The second-order valence-corrected chi connectivity index (χ2v) is 8.78. The first kappa shape index (κ1) is 20.6. The molecule has 0 fully saturated rings. The second-order valence-electron chi connectivity index (χ2n) is 7.10. The van der Waals surface area contributed by atoms with Crippen molar-refractivity contribution in [3.05, 3.63) is 95.1 Å². The minimum atomic E-state index is -3.67. The van der Waals surface area contributed by atoms with Gasteiger partial charge in [0.2, 0.25) is 0 Å². The molecule has 1 N–H and O–H groups in total. The summed E-state index contributed by atoms with van der Waals surface area (Å²) >= 11 is 0. The Morgan fingerprint density at radius 3 is 2.21 bits per heavy atom. The van der Waals surface area contributed by atoms with Gasteiger partial charge in [-0.25, -0.2) is 8.42 Å². The molecule has 5 nitrogen and oxygen atoms in total. The molecule has 0 saturated heterocycles. The van der Waals surface area contributed by atoms with Gasteiger partial charge in [-0.3, -0.25) is 9.52 Å². The molecule has 0 bridgehead atoms.